The Kier molecular flexibility index (Phi) is 7.23. The van der Waals surface area contributed by atoms with E-state index in [2.05, 4.69) is 4.74 Å². The van der Waals surface area contributed by atoms with E-state index in [9.17, 15) is 9.90 Å². The quantitative estimate of drug-likeness (QED) is 0.524. The zero-order valence-corrected chi connectivity index (χ0v) is 11.0. The lowest BCUT2D eigenvalue weighted by molar-refractivity contribution is -0.151. The average molecular weight is 260 g/mol. The molecule has 0 saturated heterocycles. The van der Waals surface area contributed by atoms with E-state index in [1.807, 2.05) is 0 Å². The molecule has 0 aromatic heterocycles. The molecule has 0 radical (unpaired) electrons. The van der Waals surface area contributed by atoms with E-state index < -0.39 is 6.10 Å². The van der Waals surface area contributed by atoms with Gasteiger partial charge in [0.1, 0.15) is 0 Å². The highest BCUT2D eigenvalue weighted by molar-refractivity contribution is 5.72. The smallest absolute Gasteiger partial charge is 0.308 e. The van der Waals surface area contributed by atoms with Gasteiger partial charge >= 0.3 is 5.97 Å². The predicted octanol–water partition coefficient (Wildman–Crippen LogP) is 0.868. The third-order valence-corrected chi connectivity index (χ3v) is 3.42. The van der Waals surface area contributed by atoms with E-state index in [-0.39, 0.29) is 24.6 Å². The number of rotatable bonds is 7. The van der Waals surface area contributed by atoms with Crippen LogP contribution in [0.3, 0.4) is 0 Å². The second-order valence-electron chi connectivity index (χ2n) is 4.79. The maximum atomic E-state index is 11.4. The largest absolute Gasteiger partial charge is 0.469 e. The highest BCUT2D eigenvalue weighted by Gasteiger charge is 2.33. The molecule has 18 heavy (non-hydrogen) atoms. The molecule has 2 N–H and O–H groups in total. The SMILES string of the molecule is COC(=O)[C@H]1CC[C@H](OCCCCCO)[C@@H](O)C1. The van der Waals surface area contributed by atoms with Crippen molar-refractivity contribution in [3.8, 4) is 0 Å². The molecule has 0 aromatic rings. The lowest BCUT2D eigenvalue weighted by atomic mass is 9.85. The normalized spacial score (nSPS) is 28.1. The minimum atomic E-state index is -0.583. The van der Waals surface area contributed by atoms with Gasteiger partial charge in [-0.05, 0) is 38.5 Å². The minimum absolute atomic E-state index is 0.167. The molecule has 3 atom stereocenters. The van der Waals surface area contributed by atoms with Gasteiger partial charge < -0.3 is 19.7 Å². The Morgan fingerprint density at radius 3 is 2.67 bits per heavy atom. The van der Waals surface area contributed by atoms with Gasteiger partial charge in [0.25, 0.3) is 0 Å². The van der Waals surface area contributed by atoms with Gasteiger partial charge in [-0.25, -0.2) is 0 Å². The Hall–Kier alpha value is -0.650. The first-order chi connectivity index (χ1) is 8.69. The standard InChI is InChI=1S/C13H24O5/c1-17-13(16)10-5-6-12(11(15)9-10)18-8-4-2-3-7-14/h10-12,14-15H,2-9H2,1H3/t10-,11-,12-/m0/s1. The Bertz CT molecular complexity index is 244. The number of hydrogen-bond donors (Lipinski definition) is 2. The number of hydrogen-bond acceptors (Lipinski definition) is 5. The van der Waals surface area contributed by atoms with Crippen LogP contribution < -0.4 is 0 Å². The summed E-state index contributed by atoms with van der Waals surface area (Å²) in [6.07, 6.45) is 3.70. The van der Waals surface area contributed by atoms with E-state index in [1.165, 1.54) is 7.11 Å². The molecule has 1 aliphatic rings. The number of methoxy groups -OCH3 is 1. The molecule has 106 valence electrons. The minimum Gasteiger partial charge on any atom is -0.469 e. The molecule has 5 heteroatoms. The summed E-state index contributed by atoms with van der Waals surface area (Å²) in [5.41, 5.74) is 0. The van der Waals surface area contributed by atoms with Crippen LogP contribution in [-0.4, -0.2) is 48.7 Å². The van der Waals surface area contributed by atoms with Crippen LogP contribution in [0.15, 0.2) is 0 Å². The molecule has 1 fully saturated rings. The van der Waals surface area contributed by atoms with Crippen molar-refractivity contribution in [1.29, 1.82) is 0 Å². The number of esters is 1. The summed E-state index contributed by atoms with van der Waals surface area (Å²) in [6.45, 7) is 0.817. The van der Waals surface area contributed by atoms with Crippen molar-refractivity contribution in [1.82, 2.24) is 0 Å². The number of carbonyl (C=O) groups excluding carboxylic acids is 1. The summed E-state index contributed by atoms with van der Waals surface area (Å²) in [4.78, 5) is 11.4. The molecule has 0 heterocycles. The van der Waals surface area contributed by atoms with Crippen LogP contribution in [0.2, 0.25) is 0 Å². The van der Waals surface area contributed by atoms with Crippen LogP contribution in [0.25, 0.3) is 0 Å². The Morgan fingerprint density at radius 2 is 2.06 bits per heavy atom. The molecular formula is C13H24O5. The molecule has 0 amide bonds. The summed E-state index contributed by atoms with van der Waals surface area (Å²) < 4.78 is 10.3. The van der Waals surface area contributed by atoms with Crippen molar-refractivity contribution in [3.05, 3.63) is 0 Å². The van der Waals surface area contributed by atoms with E-state index >= 15 is 0 Å². The van der Waals surface area contributed by atoms with Crippen molar-refractivity contribution in [2.45, 2.75) is 50.7 Å². The first kappa shape index (κ1) is 15.4. The average Bonchev–Trinajstić information content (AvgIpc) is 2.39. The van der Waals surface area contributed by atoms with Crippen LogP contribution in [0, 0.1) is 5.92 Å². The van der Waals surface area contributed by atoms with Gasteiger partial charge in [-0.1, -0.05) is 0 Å². The summed E-state index contributed by atoms with van der Waals surface area (Å²) >= 11 is 0. The van der Waals surface area contributed by atoms with Gasteiger partial charge in [0.2, 0.25) is 0 Å². The van der Waals surface area contributed by atoms with Crippen LogP contribution in [-0.2, 0) is 14.3 Å². The van der Waals surface area contributed by atoms with Crippen LogP contribution in [0.1, 0.15) is 38.5 Å². The first-order valence-electron chi connectivity index (χ1n) is 6.67. The van der Waals surface area contributed by atoms with Crippen molar-refractivity contribution in [2.24, 2.45) is 5.92 Å². The molecular weight excluding hydrogens is 236 g/mol. The monoisotopic (exact) mass is 260 g/mol. The number of ether oxygens (including phenoxy) is 2. The molecule has 0 spiro atoms. The van der Waals surface area contributed by atoms with Crippen molar-refractivity contribution >= 4 is 5.97 Å². The lowest BCUT2D eigenvalue weighted by Gasteiger charge is -2.31. The summed E-state index contributed by atoms with van der Waals surface area (Å²) in [5, 5.41) is 18.5. The second-order valence-corrected chi connectivity index (χ2v) is 4.79. The van der Waals surface area contributed by atoms with Gasteiger partial charge in [0, 0.05) is 13.2 Å². The molecule has 1 aliphatic carbocycles. The lowest BCUT2D eigenvalue weighted by Crippen LogP contribution is -2.38. The van der Waals surface area contributed by atoms with Gasteiger partial charge in [-0.15, -0.1) is 0 Å². The predicted molar refractivity (Wildman–Crippen MR) is 66.0 cm³/mol. The Morgan fingerprint density at radius 1 is 1.28 bits per heavy atom. The topological polar surface area (TPSA) is 76.0 Å². The van der Waals surface area contributed by atoms with Crippen molar-refractivity contribution < 1.29 is 24.5 Å². The van der Waals surface area contributed by atoms with Crippen LogP contribution >= 0.6 is 0 Å². The maximum Gasteiger partial charge on any atom is 0.308 e. The number of unbranched alkanes of at least 4 members (excludes halogenated alkanes) is 2. The highest BCUT2D eigenvalue weighted by atomic mass is 16.5. The van der Waals surface area contributed by atoms with Gasteiger partial charge in [0.15, 0.2) is 0 Å². The Labute approximate surface area is 108 Å². The number of aliphatic hydroxyl groups excluding tert-OH is 2. The van der Waals surface area contributed by atoms with E-state index in [1.54, 1.807) is 0 Å². The molecule has 0 aromatic carbocycles. The zero-order valence-electron chi connectivity index (χ0n) is 11.0. The molecule has 5 nitrogen and oxygen atoms in total. The van der Waals surface area contributed by atoms with E-state index in [0.29, 0.717) is 25.9 Å². The Balaban J connectivity index is 2.19. The molecule has 1 saturated carbocycles. The van der Waals surface area contributed by atoms with Crippen LogP contribution in [0.4, 0.5) is 0 Å². The van der Waals surface area contributed by atoms with Gasteiger partial charge in [-0.2, -0.15) is 0 Å². The number of carbonyl (C=O) groups is 1. The van der Waals surface area contributed by atoms with Crippen molar-refractivity contribution in [2.75, 3.05) is 20.3 Å². The fourth-order valence-corrected chi connectivity index (χ4v) is 2.32. The third kappa shape index (κ3) is 4.92. The van der Waals surface area contributed by atoms with E-state index in [0.717, 1.165) is 19.3 Å². The van der Waals surface area contributed by atoms with Gasteiger partial charge in [-0.3, -0.25) is 4.79 Å². The van der Waals surface area contributed by atoms with Crippen LogP contribution in [0.5, 0.6) is 0 Å². The zero-order chi connectivity index (χ0) is 13.4. The first-order valence-corrected chi connectivity index (χ1v) is 6.67. The second kappa shape index (κ2) is 8.45. The van der Waals surface area contributed by atoms with Gasteiger partial charge in [0.05, 0.1) is 25.2 Å². The highest BCUT2D eigenvalue weighted by Crippen LogP contribution is 2.27. The third-order valence-electron chi connectivity index (χ3n) is 3.42. The number of aliphatic hydroxyl groups is 2. The van der Waals surface area contributed by atoms with E-state index in [4.69, 9.17) is 9.84 Å². The van der Waals surface area contributed by atoms with Crippen molar-refractivity contribution in [3.63, 3.8) is 0 Å². The molecule has 0 aliphatic heterocycles. The molecule has 0 bridgehead atoms. The maximum absolute atomic E-state index is 11.4. The summed E-state index contributed by atoms with van der Waals surface area (Å²) in [5.74, 6) is -0.435. The summed E-state index contributed by atoms with van der Waals surface area (Å²) in [7, 11) is 1.37. The molecule has 1 rings (SSSR count). The fraction of sp³-hybridized carbons (Fsp3) is 0.923. The fourth-order valence-electron chi connectivity index (χ4n) is 2.32. The molecule has 0 unspecified atom stereocenters. The summed E-state index contributed by atoms with van der Waals surface area (Å²) in [6, 6.07) is 0.